The molecule has 1 unspecified atom stereocenters. The van der Waals surface area contributed by atoms with Crippen LogP contribution in [0.5, 0.6) is 0 Å². The molecule has 20 heteroatoms. The van der Waals surface area contributed by atoms with Crippen LogP contribution in [0.15, 0.2) is 103 Å². The number of anilines is 4. The van der Waals surface area contributed by atoms with Crippen molar-refractivity contribution in [3.63, 3.8) is 0 Å². The summed E-state index contributed by atoms with van der Waals surface area (Å²) >= 11 is 5.73. The number of likely N-dealkylation sites (N-methyl/N-ethyl adjacent to an activating group) is 1. The van der Waals surface area contributed by atoms with E-state index in [4.69, 9.17) is 11.6 Å². The van der Waals surface area contributed by atoms with Gasteiger partial charge < -0.3 is 29.8 Å². The number of halogens is 4. The van der Waals surface area contributed by atoms with E-state index < -0.39 is 23.5 Å². The number of nitrogens with one attached hydrogen (secondary N) is 2. The number of aryl methyl sites for hydroxylation is 2. The minimum Gasteiger partial charge on any atom is -0.394 e. The number of rotatable bonds is 13. The predicted molar refractivity (Wildman–Crippen MR) is 256 cm³/mol. The number of piperazine rings is 1. The highest BCUT2D eigenvalue weighted by Gasteiger charge is 2.21. The van der Waals surface area contributed by atoms with Crippen LogP contribution in [0.4, 0.5) is 36.7 Å². The number of imidazole rings is 1. The number of aliphatic hydroxyl groups excluding tert-OH is 1. The van der Waals surface area contributed by atoms with E-state index in [0.717, 1.165) is 51.0 Å². The maximum Gasteiger partial charge on any atom is 0.251 e. The van der Waals surface area contributed by atoms with Crippen LogP contribution in [0.1, 0.15) is 49.8 Å². The molecule has 7 heterocycles. The van der Waals surface area contributed by atoms with Crippen LogP contribution >= 0.6 is 11.6 Å². The molecule has 1 saturated heterocycles. The van der Waals surface area contributed by atoms with Crippen molar-refractivity contribution in [2.75, 3.05) is 50.0 Å². The summed E-state index contributed by atoms with van der Waals surface area (Å²) < 4.78 is 48.5. The number of benzene rings is 2. The molecule has 352 valence electrons. The van der Waals surface area contributed by atoms with Gasteiger partial charge in [-0.15, -0.1) is 0 Å². The van der Waals surface area contributed by atoms with Gasteiger partial charge in [0.25, 0.3) is 5.56 Å². The highest BCUT2D eigenvalue weighted by atomic mass is 35.5. The highest BCUT2D eigenvalue weighted by molar-refractivity contribution is 6.30. The summed E-state index contributed by atoms with van der Waals surface area (Å²) in [5, 5.41) is 20.0. The molecule has 8 aromatic rings. The van der Waals surface area contributed by atoms with Crippen LogP contribution in [0.3, 0.4) is 0 Å². The third kappa shape index (κ3) is 10.7. The second-order valence-corrected chi connectivity index (χ2v) is 16.9. The molecule has 0 radical (unpaired) electrons. The van der Waals surface area contributed by atoms with E-state index >= 15 is 0 Å². The largest absolute Gasteiger partial charge is 0.394 e. The average Bonchev–Trinajstić information content (AvgIpc) is 3.90. The molecule has 16 nitrogen and oxygen atoms in total. The average molecular weight is 947 g/mol. The molecule has 1 fully saturated rings. The molecular weight excluding hydrogens is 897 g/mol. The van der Waals surface area contributed by atoms with Gasteiger partial charge in [0.1, 0.15) is 34.5 Å². The minimum absolute atomic E-state index is 0.00954. The Kier molecular flexibility index (Phi) is 14.5. The summed E-state index contributed by atoms with van der Waals surface area (Å²) in [7, 11) is 1.79. The zero-order valence-corrected chi connectivity index (χ0v) is 38.8. The minimum atomic E-state index is -0.749. The van der Waals surface area contributed by atoms with Crippen molar-refractivity contribution in [3.8, 4) is 22.5 Å². The van der Waals surface area contributed by atoms with E-state index in [-0.39, 0.29) is 40.4 Å². The van der Waals surface area contributed by atoms with Gasteiger partial charge in [-0.3, -0.25) is 14.4 Å². The van der Waals surface area contributed by atoms with Gasteiger partial charge in [-0.25, -0.2) is 43.1 Å². The van der Waals surface area contributed by atoms with E-state index in [2.05, 4.69) is 62.4 Å². The van der Waals surface area contributed by atoms with Gasteiger partial charge >= 0.3 is 0 Å². The molecule has 0 bridgehead atoms. The van der Waals surface area contributed by atoms with Gasteiger partial charge in [0.05, 0.1) is 41.3 Å². The van der Waals surface area contributed by atoms with E-state index in [1.807, 2.05) is 43.7 Å². The van der Waals surface area contributed by atoms with E-state index in [1.54, 1.807) is 60.7 Å². The van der Waals surface area contributed by atoms with E-state index in [1.165, 1.54) is 28.8 Å². The normalized spacial score (nSPS) is 13.7. The fourth-order valence-electron chi connectivity index (χ4n) is 8.09. The number of aliphatic hydroxyl groups is 1. The molecule has 0 amide bonds. The first-order valence-corrected chi connectivity index (χ1v) is 22.4. The van der Waals surface area contributed by atoms with Crippen molar-refractivity contribution < 1.29 is 18.3 Å². The number of pyridine rings is 2. The molecule has 0 aliphatic carbocycles. The Balaban J connectivity index is 0.000000187. The molecule has 2 aromatic carbocycles. The fraction of sp³-hybridized carbons (Fsp3) is 0.292. The van der Waals surface area contributed by atoms with Crippen molar-refractivity contribution >= 4 is 46.2 Å². The quantitative estimate of drug-likeness (QED) is 0.101. The smallest absolute Gasteiger partial charge is 0.251 e. The van der Waals surface area contributed by atoms with Crippen molar-refractivity contribution in [2.45, 2.75) is 46.3 Å². The molecule has 0 spiro atoms. The van der Waals surface area contributed by atoms with Crippen LogP contribution in [0.2, 0.25) is 5.02 Å². The molecular formula is C48H50ClF3N14O2. The first kappa shape index (κ1) is 47.4. The van der Waals surface area contributed by atoms with Crippen LogP contribution in [0, 0.1) is 24.4 Å². The van der Waals surface area contributed by atoms with Crippen LogP contribution in [-0.2, 0) is 13.6 Å². The Morgan fingerprint density at radius 3 is 2.25 bits per heavy atom. The monoisotopic (exact) mass is 946 g/mol. The fourth-order valence-corrected chi connectivity index (χ4v) is 8.20. The molecule has 1 atom stereocenters. The number of hydrogen-bond donors (Lipinski definition) is 3. The third-order valence-corrected chi connectivity index (χ3v) is 11.9. The second-order valence-electron chi connectivity index (χ2n) is 16.5. The number of hydrogen-bond acceptors (Lipinski definition) is 13. The van der Waals surface area contributed by atoms with Crippen molar-refractivity contribution in [1.29, 1.82) is 0 Å². The summed E-state index contributed by atoms with van der Waals surface area (Å²) in [4.78, 5) is 43.6. The zero-order chi connectivity index (χ0) is 48.1. The molecule has 0 saturated carbocycles. The zero-order valence-electron chi connectivity index (χ0n) is 38.1. The standard InChI is InChI=1S/C27H32F2N8.C21H18ClFN6O2/c1-5-35-8-10-36(11-9-35)16-19-6-7-24(30-14-19)33-27-31-15-22(29)25(34-27)20-12-21(28)26-23(13-20)37(17(2)3)18(4)32-26;1-28-19(5-8-25-28)27-21-24-7-4-17(26-21)13-6-9-29(20(31)11-13)18(12-30)14-2-3-15(22)16(23)10-14/h6-7,12-15,17H,5,8-11,16H2,1-4H3,(H,30,31,33,34);2-11,18,30H,12H2,1H3,(H,24,26,27). The second kappa shape index (κ2) is 20.8. The third-order valence-electron chi connectivity index (χ3n) is 11.6. The van der Waals surface area contributed by atoms with Crippen LogP contribution < -0.4 is 16.2 Å². The maximum atomic E-state index is 14.9. The molecule has 68 heavy (non-hydrogen) atoms. The van der Waals surface area contributed by atoms with Crippen LogP contribution in [0.25, 0.3) is 33.5 Å². The Bertz CT molecular complexity index is 3100. The molecule has 1 aliphatic heterocycles. The number of aromatic nitrogens is 10. The van der Waals surface area contributed by atoms with Gasteiger partial charge in [0, 0.05) is 87.7 Å². The first-order valence-electron chi connectivity index (χ1n) is 22.0. The van der Waals surface area contributed by atoms with Gasteiger partial charge in [-0.1, -0.05) is 30.7 Å². The summed E-state index contributed by atoms with van der Waals surface area (Å²) in [6, 6.07) is 17.0. The number of nitrogens with zero attached hydrogens (tertiary/aromatic N) is 12. The lowest BCUT2D eigenvalue weighted by molar-refractivity contribution is 0.132. The van der Waals surface area contributed by atoms with E-state index in [0.29, 0.717) is 51.3 Å². The lowest BCUT2D eigenvalue weighted by Gasteiger charge is -2.33. The molecule has 1 aliphatic rings. The Morgan fingerprint density at radius 2 is 1.57 bits per heavy atom. The Morgan fingerprint density at radius 1 is 0.794 bits per heavy atom. The summed E-state index contributed by atoms with van der Waals surface area (Å²) in [6.07, 6.45) is 7.69. The van der Waals surface area contributed by atoms with Gasteiger partial charge in [-0.2, -0.15) is 5.10 Å². The Hall–Kier alpha value is -7.06. The van der Waals surface area contributed by atoms with Crippen molar-refractivity contribution in [3.05, 3.63) is 147 Å². The van der Waals surface area contributed by atoms with Crippen molar-refractivity contribution in [1.82, 2.24) is 58.6 Å². The molecule has 9 rings (SSSR count). The Labute approximate surface area is 395 Å². The van der Waals surface area contributed by atoms with E-state index in [9.17, 15) is 23.1 Å². The SMILES string of the molecule is CCN1CCN(Cc2ccc(Nc3ncc(F)c(-c4cc(F)c5nc(C)n(C(C)C)c5c4)n3)nc2)CC1.Cn1nccc1Nc1nccc(-c2ccn(C(CO)c3ccc(Cl)c(F)c3)c(=O)c2)n1. The predicted octanol–water partition coefficient (Wildman–Crippen LogP) is 8.09. The van der Waals surface area contributed by atoms with Gasteiger partial charge in [0.15, 0.2) is 11.6 Å². The van der Waals surface area contributed by atoms with Crippen LogP contribution in [-0.4, -0.2) is 103 Å². The first-order chi connectivity index (χ1) is 32.8. The summed E-state index contributed by atoms with van der Waals surface area (Å²) in [5.41, 5.74) is 3.50. The van der Waals surface area contributed by atoms with Gasteiger partial charge in [-0.05, 0) is 80.9 Å². The highest BCUT2D eigenvalue weighted by Crippen LogP contribution is 2.31. The molecule has 6 aromatic heterocycles. The van der Waals surface area contributed by atoms with Crippen molar-refractivity contribution in [2.24, 2.45) is 7.05 Å². The summed E-state index contributed by atoms with van der Waals surface area (Å²) in [5.74, 6) is 0.734. The summed E-state index contributed by atoms with van der Waals surface area (Å²) in [6.45, 7) is 13.8. The van der Waals surface area contributed by atoms with Gasteiger partial charge in [0.2, 0.25) is 11.9 Å². The lowest BCUT2D eigenvalue weighted by Crippen LogP contribution is -2.45. The maximum absolute atomic E-state index is 14.9. The number of fused-ring (bicyclic) bond motifs is 1. The topological polar surface area (TPSA) is 173 Å². The molecule has 3 N–H and O–H groups in total. The lowest BCUT2D eigenvalue weighted by atomic mass is 10.1.